The number of benzene rings is 1. The van der Waals surface area contributed by atoms with Gasteiger partial charge in [0.1, 0.15) is 11.6 Å². The van der Waals surface area contributed by atoms with Crippen LogP contribution in [0.5, 0.6) is 0 Å². The molecule has 0 saturated heterocycles. The van der Waals surface area contributed by atoms with E-state index in [1.54, 1.807) is 26.4 Å². The highest BCUT2D eigenvalue weighted by Crippen LogP contribution is 2.15. The monoisotopic (exact) mass is 298 g/mol. The van der Waals surface area contributed by atoms with Crippen molar-refractivity contribution in [2.75, 3.05) is 0 Å². The van der Waals surface area contributed by atoms with Crippen LogP contribution in [-0.4, -0.2) is 21.1 Å². The first kappa shape index (κ1) is 16.1. The van der Waals surface area contributed by atoms with Crippen LogP contribution in [0.3, 0.4) is 0 Å². The second kappa shape index (κ2) is 7.69. The summed E-state index contributed by atoms with van der Waals surface area (Å²) >= 11 is 0. The Hall–Kier alpha value is -2.23. The minimum absolute atomic E-state index is 0.0133. The van der Waals surface area contributed by atoms with E-state index in [-0.39, 0.29) is 11.6 Å². The van der Waals surface area contributed by atoms with Crippen molar-refractivity contribution >= 4 is 11.6 Å². The predicted molar refractivity (Wildman–Crippen MR) is 85.6 cm³/mol. The van der Waals surface area contributed by atoms with E-state index < -0.39 is 5.92 Å². The third kappa shape index (κ3) is 3.91. The van der Waals surface area contributed by atoms with Crippen molar-refractivity contribution in [3.05, 3.63) is 54.1 Å². The lowest BCUT2D eigenvalue weighted by Crippen LogP contribution is -2.26. The fraction of sp³-hybridized carbons (Fsp3) is 0.389. The van der Waals surface area contributed by atoms with Crippen LogP contribution in [0.4, 0.5) is 0 Å². The topological polar surface area (TPSA) is 52.0 Å². The number of carbonyl (C=O) groups is 2. The first-order chi connectivity index (χ1) is 10.7. The van der Waals surface area contributed by atoms with Crippen molar-refractivity contribution in [1.82, 2.24) is 9.55 Å². The summed E-state index contributed by atoms with van der Waals surface area (Å²) in [7, 11) is 0. The number of aromatic nitrogens is 2. The van der Waals surface area contributed by atoms with Gasteiger partial charge in [-0.1, -0.05) is 44.2 Å². The highest BCUT2D eigenvalue weighted by molar-refractivity contribution is 6.02. The van der Waals surface area contributed by atoms with Crippen LogP contribution in [0.15, 0.2) is 42.9 Å². The average molecular weight is 298 g/mol. The van der Waals surface area contributed by atoms with Crippen molar-refractivity contribution in [2.24, 2.45) is 5.92 Å². The maximum absolute atomic E-state index is 12.1. The Morgan fingerprint density at radius 1 is 1.09 bits per heavy atom. The van der Waals surface area contributed by atoms with Crippen molar-refractivity contribution in [2.45, 2.75) is 39.7 Å². The fourth-order valence-electron chi connectivity index (χ4n) is 2.55. The molecule has 0 aliphatic rings. The van der Waals surface area contributed by atoms with Gasteiger partial charge < -0.3 is 4.57 Å². The van der Waals surface area contributed by atoms with E-state index in [1.165, 1.54) is 5.56 Å². The van der Waals surface area contributed by atoms with Gasteiger partial charge >= 0.3 is 0 Å². The Morgan fingerprint density at radius 2 is 1.73 bits per heavy atom. The summed E-state index contributed by atoms with van der Waals surface area (Å²) in [6.07, 6.45) is 4.73. The molecule has 0 amide bonds. The van der Waals surface area contributed by atoms with Gasteiger partial charge in [0.15, 0.2) is 0 Å². The van der Waals surface area contributed by atoms with Crippen LogP contribution < -0.4 is 0 Å². The van der Waals surface area contributed by atoms with Gasteiger partial charge in [0, 0.05) is 37.7 Å². The average Bonchev–Trinajstić information content (AvgIpc) is 2.99. The molecule has 0 atom stereocenters. The lowest BCUT2D eigenvalue weighted by molar-refractivity contribution is -0.132. The Morgan fingerprint density at radius 3 is 2.32 bits per heavy atom. The van der Waals surface area contributed by atoms with E-state index in [9.17, 15) is 9.59 Å². The molecule has 4 nitrogen and oxygen atoms in total. The number of nitrogens with zero attached hydrogens (tertiary/aromatic N) is 2. The summed E-state index contributed by atoms with van der Waals surface area (Å²) < 4.78 is 2.01. The summed E-state index contributed by atoms with van der Waals surface area (Å²) in [6, 6.07) is 10.1. The number of Topliss-reactive ketones (excluding diaryl/α,β-unsaturated/α-hetero) is 2. The Kier molecular flexibility index (Phi) is 5.64. The van der Waals surface area contributed by atoms with Crippen molar-refractivity contribution < 1.29 is 9.59 Å². The number of carbonyl (C=O) groups excluding carboxylic acids is 2. The van der Waals surface area contributed by atoms with Gasteiger partial charge in [-0.25, -0.2) is 4.98 Å². The van der Waals surface area contributed by atoms with E-state index in [0.717, 1.165) is 5.69 Å². The van der Waals surface area contributed by atoms with Crippen molar-refractivity contribution in [1.29, 1.82) is 0 Å². The number of hydrogen-bond acceptors (Lipinski definition) is 3. The van der Waals surface area contributed by atoms with Crippen molar-refractivity contribution in [3.63, 3.8) is 0 Å². The molecule has 0 bridgehead atoms. The summed E-state index contributed by atoms with van der Waals surface area (Å²) in [4.78, 5) is 28.3. The van der Waals surface area contributed by atoms with Gasteiger partial charge in [-0.3, -0.25) is 9.59 Å². The molecule has 2 aromatic rings. The van der Waals surface area contributed by atoms with Crippen LogP contribution in [-0.2, 0) is 22.6 Å². The SMILES string of the molecule is CCC(=O)C(Cc1cncn1Cc1ccccc1)C(=O)CC. The maximum atomic E-state index is 12.1. The Balaban J connectivity index is 2.17. The molecule has 0 aliphatic heterocycles. The standard InChI is InChI=1S/C18H22N2O2/c1-3-17(21)16(18(22)4-2)10-15-11-19-13-20(15)12-14-8-6-5-7-9-14/h5-9,11,13,16H,3-4,10,12H2,1-2H3. The molecule has 0 unspecified atom stereocenters. The van der Waals surface area contributed by atoms with E-state index in [4.69, 9.17) is 0 Å². The molecular formula is C18H22N2O2. The molecule has 1 aromatic carbocycles. The highest BCUT2D eigenvalue weighted by atomic mass is 16.1. The van der Waals surface area contributed by atoms with Crippen LogP contribution in [0.2, 0.25) is 0 Å². The summed E-state index contributed by atoms with van der Waals surface area (Å²) in [5.41, 5.74) is 2.10. The quantitative estimate of drug-likeness (QED) is 0.704. The zero-order valence-corrected chi connectivity index (χ0v) is 13.2. The van der Waals surface area contributed by atoms with E-state index >= 15 is 0 Å². The van der Waals surface area contributed by atoms with Gasteiger partial charge in [0.05, 0.1) is 12.2 Å². The third-order valence-corrected chi connectivity index (χ3v) is 3.88. The molecule has 116 valence electrons. The van der Waals surface area contributed by atoms with Crippen molar-refractivity contribution in [3.8, 4) is 0 Å². The third-order valence-electron chi connectivity index (χ3n) is 3.88. The summed E-state index contributed by atoms with van der Waals surface area (Å²) in [5, 5.41) is 0. The molecule has 4 heteroatoms. The van der Waals surface area contributed by atoms with E-state index in [1.807, 2.05) is 22.8 Å². The molecule has 0 fully saturated rings. The predicted octanol–water partition coefficient (Wildman–Crippen LogP) is 3.05. The first-order valence-electron chi connectivity index (χ1n) is 7.74. The van der Waals surface area contributed by atoms with Crippen LogP contribution in [0.25, 0.3) is 0 Å². The molecule has 22 heavy (non-hydrogen) atoms. The molecule has 1 heterocycles. The van der Waals surface area contributed by atoms with Gasteiger partial charge in [0.25, 0.3) is 0 Å². The number of imidazole rings is 1. The first-order valence-corrected chi connectivity index (χ1v) is 7.74. The normalized spacial score (nSPS) is 10.9. The summed E-state index contributed by atoms with van der Waals surface area (Å²) in [5.74, 6) is -0.514. The maximum Gasteiger partial charge on any atom is 0.143 e. The fourth-order valence-corrected chi connectivity index (χ4v) is 2.55. The van der Waals surface area contributed by atoms with Gasteiger partial charge in [-0.05, 0) is 5.56 Å². The number of rotatable bonds is 8. The molecule has 1 aromatic heterocycles. The Labute approximate surface area is 131 Å². The molecular weight excluding hydrogens is 276 g/mol. The molecule has 0 N–H and O–H groups in total. The number of ketones is 2. The Bertz CT molecular complexity index is 616. The van der Waals surface area contributed by atoms with E-state index in [0.29, 0.717) is 25.8 Å². The second-order valence-electron chi connectivity index (χ2n) is 5.39. The summed E-state index contributed by atoms with van der Waals surface area (Å²) in [6.45, 7) is 4.31. The second-order valence-corrected chi connectivity index (χ2v) is 5.39. The zero-order valence-electron chi connectivity index (χ0n) is 13.2. The van der Waals surface area contributed by atoms with Crippen LogP contribution in [0, 0.1) is 5.92 Å². The molecule has 0 spiro atoms. The van der Waals surface area contributed by atoms with E-state index in [2.05, 4.69) is 17.1 Å². The smallest absolute Gasteiger partial charge is 0.143 e. The minimum atomic E-state index is -0.541. The zero-order chi connectivity index (χ0) is 15.9. The van der Waals surface area contributed by atoms with Gasteiger partial charge in [-0.15, -0.1) is 0 Å². The van der Waals surface area contributed by atoms with Gasteiger partial charge in [0.2, 0.25) is 0 Å². The lowest BCUT2D eigenvalue weighted by Gasteiger charge is -2.15. The number of hydrogen-bond donors (Lipinski definition) is 0. The largest absolute Gasteiger partial charge is 0.330 e. The molecule has 0 radical (unpaired) electrons. The van der Waals surface area contributed by atoms with Gasteiger partial charge in [-0.2, -0.15) is 0 Å². The van der Waals surface area contributed by atoms with Crippen LogP contribution >= 0.6 is 0 Å². The molecule has 0 aliphatic carbocycles. The minimum Gasteiger partial charge on any atom is -0.330 e. The molecule has 2 rings (SSSR count). The van der Waals surface area contributed by atoms with Crippen LogP contribution in [0.1, 0.15) is 37.9 Å². The highest BCUT2D eigenvalue weighted by Gasteiger charge is 2.25. The lowest BCUT2D eigenvalue weighted by atomic mass is 9.91. The molecule has 0 saturated carbocycles.